The van der Waals surface area contributed by atoms with Crippen molar-refractivity contribution in [3.8, 4) is 12.3 Å². The first kappa shape index (κ1) is 17.7. The Balaban J connectivity index is 0.00000220. The molecule has 0 amide bonds. The summed E-state index contributed by atoms with van der Waals surface area (Å²) in [5, 5.41) is 0. The maximum absolute atomic E-state index is 12.9. The maximum Gasteiger partial charge on any atom is 0.256 e. The third-order valence-electron chi connectivity index (χ3n) is 2.85. The van der Waals surface area contributed by atoms with Crippen molar-refractivity contribution in [2.45, 2.75) is 6.43 Å². The molecular weight excluding hydrogens is 352 g/mol. The Morgan fingerprint density at radius 2 is 1.90 bits per heavy atom. The van der Waals surface area contributed by atoms with Crippen LogP contribution in [0, 0.1) is 24.2 Å². The number of halogens is 3. The van der Waals surface area contributed by atoms with E-state index in [9.17, 15) is 13.2 Å². The number of nitrogens with zero attached hydrogens (tertiary/aromatic N) is 1. The van der Waals surface area contributed by atoms with Crippen molar-refractivity contribution in [3.63, 3.8) is 0 Å². The van der Waals surface area contributed by atoms with Crippen LogP contribution in [-0.4, -0.2) is 17.9 Å². The first-order valence-electron chi connectivity index (χ1n) is 5.84. The summed E-state index contributed by atoms with van der Waals surface area (Å²) >= 11 is 0. The molecule has 21 heavy (non-hydrogen) atoms. The molecule has 0 atom stereocenters. The molecule has 0 N–H and O–H groups in total. The molecule has 0 bridgehead atoms. The van der Waals surface area contributed by atoms with Crippen LogP contribution in [0.4, 0.5) is 13.2 Å². The Morgan fingerprint density at radius 1 is 1.29 bits per heavy atom. The fourth-order valence-corrected chi connectivity index (χ4v) is 1.89. The normalized spacial score (nSPS) is 14.2. The van der Waals surface area contributed by atoms with Gasteiger partial charge in [-0.2, -0.15) is 12.2 Å². The van der Waals surface area contributed by atoms with Crippen LogP contribution in [-0.2, 0) is 32.7 Å². The van der Waals surface area contributed by atoms with Gasteiger partial charge in [0.05, 0.1) is 6.54 Å². The summed E-state index contributed by atoms with van der Waals surface area (Å²) in [5.74, 6) is 1.98. The minimum atomic E-state index is -2.55. The Labute approximate surface area is 147 Å². The van der Waals surface area contributed by atoms with E-state index in [4.69, 9.17) is 6.42 Å². The average molecular weight is 363 g/mol. The zero-order chi connectivity index (χ0) is 14.7. The van der Waals surface area contributed by atoms with Crippen molar-refractivity contribution in [2.24, 2.45) is 0 Å². The second-order valence-corrected chi connectivity index (χ2v) is 4.15. The number of allylic oxidation sites excluding steroid dienone is 3. The SMILES string of the molecule is C#CC1=C[C-]=C(c2ccc(F)cc2)N(CC(F)F)C1=C.[Y]. The number of rotatable bonds is 3. The standard InChI is InChI=1S/C16H11F3N.Y/c1-3-12-6-9-15(13-4-7-14(17)8-5-13)20(11(12)2)10-16(18)19;/h1,4-8,16H,2,10H2;/q-1;. The van der Waals surface area contributed by atoms with E-state index in [1.807, 2.05) is 0 Å². The van der Waals surface area contributed by atoms with Crippen LogP contribution in [0.3, 0.4) is 0 Å². The summed E-state index contributed by atoms with van der Waals surface area (Å²) < 4.78 is 38.4. The third kappa shape index (κ3) is 4.09. The third-order valence-corrected chi connectivity index (χ3v) is 2.85. The maximum atomic E-state index is 12.9. The largest absolute Gasteiger partial charge is 0.369 e. The summed E-state index contributed by atoms with van der Waals surface area (Å²) in [6.07, 6.45) is 7.12. The van der Waals surface area contributed by atoms with E-state index in [2.05, 4.69) is 18.6 Å². The molecule has 0 aromatic heterocycles. The number of hydrogen-bond acceptors (Lipinski definition) is 1. The van der Waals surface area contributed by atoms with E-state index >= 15 is 0 Å². The first-order chi connectivity index (χ1) is 9.52. The molecule has 1 aromatic rings. The van der Waals surface area contributed by atoms with Gasteiger partial charge < -0.3 is 4.90 Å². The zero-order valence-corrected chi connectivity index (χ0v) is 14.0. The molecule has 1 aromatic carbocycles. The first-order valence-corrected chi connectivity index (χ1v) is 5.84. The van der Waals surface area contributed by atoms with Crippen LogP contribution in [0.15, 0.2) is 48.2 Å². The second-order valence-electron chi connectivity index (χ2n) is 4.15. The van der Waals surface area contributed by atoms with Crippen LogP contribution >= 0.6 is 0 Å². The molecular formula is C16H11F3NY-. The van der Waals surface area contributed by atoms with E-state index in [1.54, 1.807) is 0 Å². The van der Waals surface area contributed by atoms with Crippen LogP contribution in [0.1, 0.15) is 5.56 Å². The molecule has 1 radical (unpaired) electrons. The number of alkyl halides is 2. The molecule has 1 aliphatic heterocycles. The summed E-state index contributed by atoms with van der Waals surface area (Å²) in [6, 6.07) is 5.51. The van der Waals surface area contributed by atoms with Crippen molar-refractivity contribution in [1.29, 1.82) is 0 Å². The van der Waals surface area contributed by atoms with E-state index in [0.717, 1.165) is 0 Å². The van der Waals surface area contributed by atoms with Gasteiger partial charge in [-0.25, -0.2) is 13.2 Å². The van der Waals surface area contributed by atoms with Crippen molar-refractivity contribution in [2.75, 3.05) is 6.54 Å². The molecule has 2 rings (SSSR count). The molecule has 0 saturated heterocycles. The molecule has 0 fully saturated rings. The summed E-state index contributed by atoms with van der Waals surface area (Å²) in [6.45, 7) is 3.20. The summed E-state index contributed by atoms with van der Waals surface area (Å²) in [5.41, 5.74) is 1.68. The van der Waals surface area contributed by atoms with Crippen LogP contribution < -0.4 is 0 Å². The van der Waals surface area contributed by atoms with Gasteiger partial charge in [0, 0.05) is 32.7 Å². The summed E-state index contributed by atoms with van der Waals surface area (Å²) in [7, 11) is 0. The van der Waals surface area contributed by atoms with Gasteiger partial charge in [-0.05, 0) is 17.8 Å². The van der Waals surface area contributed by atoms with Crippen LogP contribution in [0.25, 0.3) is 5.70 Å². The van der Waals surface area contributed by atoms with Gasteiger partial charge in [-0.3, -0.25) is 0 Å². The quantitative estimate of drug-likeness (QED) is 0.586. The Hall–Kier alpha value is -1.31. The van der Waals surface area contributed by atoms with Crippen molar-refractivity contribution >= 4 is 5.70 Å². The molecule has 0 saturated carbocycles. The Morgan fingerprint density at radius 3 is 2.43 bits per heavy atom. The zero-order valence-electron chi connectivity index (χ0n) is 11.1. The van der Waals surface area contributed by atoms with Crippen molar-refractivity contribution in [1.82, 2.24) is 4.90 Å². The fourth-order valence-electron chi connectivity index (χ4n) is 1.89. The second kappa shape index (κ2) is 7.63. The minimum absolute atomic E-state index is 0. The smallest absolute Gasteiger partial charge is 0.256 e. The van der Waals surface area contributed by atoms with Gasteiger partial charge in [0.2, 0.25) is 0 Å². The van der Waals surface area contributed by atoms with Crippen LogP contribution in [0.5, 0.6) is 0 Å². The number of hydrogen-bond donors (Lipinski definition) is 0. The van der Waals surface area contributed by atoms with E-state index < -0.39 is 18.8 Å². The van der Waals surface area contributed by atoms with Gasteiger partial charge in [0.1, 0.15) is 5.82 Å². The number of benzene rings is 1. The van der Waals surface area contributed by atoms with Crippen molar-refractivity contribution < 1.29 is 45.9 Å². The molecule has 5 heteroatoms. The molecule has 1 heterocycles. The van der Waals surface area contributed by atoms with E-state index in [-0.39, 0.29) is 32.7 Å². The van der Waals surface area contributed by atoms with Gasteiger partial charge >= 0.3 is 0 Å². The molecule has 0 aliphatic carbocycles. The Bertz CT molecular complexity index is 624. The number of terminal acetylenes is 1. The topological polar surface area (TPSA) is 3.24 Å². The molecule has 0 spiro atoms. The van der Waals surface area contributed by atoms with E-state index in [1.165, 1.54) is 35.2 Å². The van der Waals surface area contributed by atoms with Gasteiger partial charge in [0.25, 0.3) is 6.43 Å². The van der Waals surface area contributed by atoms with Gasteiger partial charge in [-0.15, -0.1) is 24.5 Å². The minimum Gasteiger partial charge on any atom is -0.369 e. The van der Waals surface area contributed by atoms with Crippen LogP contribution in [0.2, 0.25) is 0 Å². The molecule has 0 unspecified atom stereocenters. The van der Waals surface area contributed by atoms with E-state index in [0.29, 0.717) is 22.5 Å². The predicted octanol–water partition coefficient (Wildman–Crippen LogP) is 3.62. The van der Waals surface area contributed by atoms with Crippen molar-refractivity contribution in [3.05, 3.63) is 65.6 Å². The molecule has 1 aliphatic rings. The fraction of sp³-hybridized carbons (Fsp3) is 0.125. The van der Waals surface area contributed by atoms with Gasteiger partial charge in [0.15, 0.2) is 0 Å². The summed E-state index contributed by atoms with van der Waals surface area (Å²) in [4.78, 5) is 1.30. The molecule has 1 nitrogen and oxygen atoms in total. The Kier molecular flexibility index (Phi) is 6.45. The average Bonchev–Trinajstić information content (AvgIpc) is 2.42. The monoisotopic (exact) mass is 363 g/mol. The van der Waals surface area contributed by atoms with Gasteiger partial charge in [-0.1, -0.05) is 23.4 Å². The molecule has 105 valence electrons. The predicted molar refractivity (Wildman–Crippen MR) is 71.8 cm³/mol.